The third kappa shape index (κ3) is 5.05. The van der Waals surface area contributed by atoms with Gasteiger partial charge in [0.05, 0.1) is 0 Å². The predicted molar refractivity (Wildman–Crippen MR) is 117 cm³/mol. The summed E-state index contributed by atoms with van der Waals surface area (Å²) in [6, 6.07) is 14.8. The van der Waals surface area contributed by atoms with Crippen molar-refractivity contribution in [2.75, 3.05) is 26.2 Å². The lowest BCUT2D eigenvalue weighted by atomic mass is 9.86. The van der Waals surface area contributed by atoms with Gasteiger partial charge in [-0.3, -0.25) is 14.7 Å². The number of pyridine rings is 1. The fourth-order valence-corrected chi connectivity index (χ4v) is 5.20. The SMILES string of the molecule is O=C(CCc1cccnc1)N1CCC[C@]2(CCCN2CCCc2ccccc2)C1. The lowest BCUT2D eigenvalue weighted by Gasteiger charge is -2.46. The first-order chi connectivity index (χ1) is 14.3. The molecule has 2 saturated heterocycles. The van der Waals surface area contributed by atoms with E-state index >= 15 is 0 Å². The molecule has 2 aliphatic rings. The molecule has 2 aliphatic heterocycles. The standard InChI is InChI=1S/C25H33N3O/c29-24(13-12-23-10-4-16-26-20-23)27-17-6-14-25(21-27)15-7-19-28(25)18-5-11-22-8-2-1-3-9-22/h1-4,8-10,16,20H,5-7,11-15,17-19,21H2/t25-/m0/s1. The zero-order chi connectivity index (χ0) is 19.9. The van der Waals surface area contributed by atoms with Crippen LogP contribution in [0.25, 0.3) is 0 Å². The van der Waals surface area contributed by atoms with Gasteiger partial charge in [0.15, 0.2) is 0 Å². The molecule has 4 heteroatoms. The second kappa shape index (κ2) is 9.53. The summed E-state index contributed by atoms with van der Waals surface area (Å²) >= 11 is 0. The van der Waals surface area contributed by atoms with Crippen molar-refractivity contribution in [2.45, 2.75) is 56.9 Å². The van der Waals surface area contributed by atoms with Crippen molar-refractivity contribution in [2.24, 2.45) is 0 Å². The van der Waals surface area contributed by atoms with E-state index in [9.17, 15) is 4.79 Å². The topological polar surface area (TPSA) is 36.4 Å². The maximum Gasteiger partial charge on any atom is 0.222 e. The van der Waals surface area contributed by atoms with Gasteiger partial charge in [-0.05, 0) is 75.2 Å². The molecule has 2 aromatic rings. The van der Waals surface area contributed by atoms with Crippen molar-refractivity contribution < 1.29 is 4.79 Å². The number of aryl methyl sites for hydroxylation is 2. The fourth-order valence-electron chi connectivity index (χ4n) is 5.20. The predicted octanol–water partition coefficient (Wildman–Crippen LogP) is 4.10. The van der Waals surface area contributed by atoms with Crippen molar-refractivity contribution in [1.29, 1.82) is 0 Å². The second-order valence-electron chi connectivity index (χ2n) is 8.68. The van der Waals surface area contributed by atoms with Crippen molar-refractivity contribution in [3.05, 3.63) is 66.0 Å². The maximum absolute atomic E-state index is 12.9. The van der Waals surface area contributed by atoms with Crippen LogP contribution in [-0.2, 0) is 17.6 Å². The molecular formula is C25H33N3O. The van der Waals surface area contributed by atoms with E-state index in [0.717, 1.165) is 44.5 Å². The minimum Gasteiger partial charge on any atom is -0.341 e. The second-order valence-corrected chi connectivity index (χ2v) is 8.68. The van der Waals surface area contributed by atoms with Crippen LogP contribution in [0.15, 0.2) is 54.9 Å². The third-order valence-electron chi connectivity index (χ3n) is 6.74. The van der Waals surface area contributed by atoms with Crippen molar-refractivity contribution >= 4 is 5.91 Å². The number of rotatable bonds is 7. The lowest BCUT2D eigenvalue weighted by molar-refractivity contribution is -0.135. The monoisotopic (exact) mass is 391 g/mol. The molecule has 3 heterocycles. The van der Waals surface area contributed by atoms with Gasteiger partial charge in [0, 0.05) is 37.4 Å². The summed E-state index contributed by atoms with van der Waals surface area (Å²) in [7, 11) is 0. The number of nitrogens with zero attached hydrogens (tertiary/aromatic N) is 3. The molecule has 4 rings (SSSR count). The average molecular weight is 392 g/mol. The molecule has 0 radical (unpaired) electrons. The Morgan fingerprint density at radius 3 is 2.55 bits per heavy atom. The highest BCUT2D eigenvalue weighted by molar-refractivity contribution is 5.76. The van der Waals surface area contributed by atoms with E-state index in [-0.39, 0.29) is 5.54 Å². The molecule has 1 amide bonds. The Bertz CT molecular complexity index is 779. The third-order valence-corrected chi connectivity index (χ3v) is 6.74. The normalized spacial score (nSPS) is 22.3. The number of amides is 1. The molecule has 0 bridgehead atoms. The number of carbonyl (C=O) groups is 1. The Kier molecular flexibility index (Phi) is 6.60. The van der Waals surface area contributed by atoms with Crippen molar-refractivity contribution in [3.8, 4) is 0 Å². The van der Waals surface area contributed by atoms with Crippen LogP contribution in [0.2, 0.25) is 0 Å². The highest BCUT2D eigenvalue weighted by Gasteiger charge is 2.44. The minimum absolute atomic E-state index is 0.221. The van der Waals surface area contributed by atoms with Crippen LogP contribution in [0.3, 0.4) is 0 Å². The Hall–Kier alpha value is -2.20. The van der Waals surface area contributed by atoms with E-state index in [1.807, 2.05) is 12.3 Å². The molecular weight excluding hydrogens is 358 g/mol. The smallest absolute Gasteiger partial charge is 0.222 e. The molecule has 2 fully saturated rings. The van der Waals surface area contributed by atoms with E-state index in [1.54, 1.807) is 6.20 Å². The summed E-state index contributed by atoms with van der Waals surface area (Å²) in [4.78, 5) is 21.9. The van der Waals surface area contributed by atoms with Gasteiger partial charge in [0.1, 0.15) is 0 Å². The quantitative estimate of drug-likeness (QED) is 0.713. The van der Waals surface area contributed by atoms with Gasteiger partial charge < -0.3 is 4.90 Å². The van der Waals surface area contributed by atoms with E-state index in [4.69, 9.17) is 0 Å². The van der Waals surface area contributed by atoms with Crippen LogP contribution in [0.5, 0.6) is 0 Å². The first kappa shape index (κ1) is 20.1. The molecule has 1 aromatic carbocycles. The number of aromatic nitrogens is 1. The van der Waals surface area contributed by atoms with Gasteiger partial charge in [-0.1, -0.05) is 36.4 Å². The Labute approximate surface area is 174 Å². The summed E-state index contributed by atoms with van der Waals surface area (Å²) in [5.74, 6) is 0.309. The Morgan fingerprint density at radius 2 is 1.76 bits per heavy atom. The van der Waals surface area contributed by atoms with E-state index in [1.165, 1.54) is 37.8 Å². The Morgan fingerprint density at radius 1 is 0.966 bits per heavy atom. The molecule has 1 spiro atoms. The van der Waals surface area contributed by atoms with Crippen LogP contribution >= 0.6 is 0 Å². The molecule has 0 aliphatic carbocycles. The molecule has 1 aromatic heterocycles. The molecule has 0 saturated carbocycles. The molecule has 4 nitrogen and oxygen atoms in total. The minimum atomic E-state index is 0.221. The molecule has 1 atom stereocenters. The highest BCUT2D eigenvalue weighted by Crippen LogP contribution is 2.37. The van der Waals surface area contributed by atoms with E-state index in [2.05, 4.69) is 51.2 Å². The van der Waals surface area contributed by atoms with Crippen LogP contribution in [-0.4, -0.2) is 52.4 Å². The summed E-state index contributed by atoms with van der Waals surface area (Å²) in [6.07, 6.45) is 12.3. The molecule has 0 unspecified atom stereocenters. The zero-order valence-electron chi connectivity index (χ0n) is 17.4. The zero-order valence-corrected chi connectivity index (χ0v) is 17.4. The number of piperidine rings is 1. The molecule has 29 heavy (non-hydrogen) atoms. The van der Waals surface area contributed by atoms with Crippen LogP contribution in [0, 0.1) is 0 Å². The first-order valence-electron chi connectivity index (χ1n) is 11.2. The average Bonchev–Trinajstić information content (AvgIpc) is 3.15. The number of benzene rings is 1. The fraction of sp³-hybridized carbons (Fsp3) is 0.520. The lowest BCUT2D eigenvalue weighted by Crippen LogP contribution is -2.57. The molecule has 0 N–H and O–H groups in total. The van der Waals surface area contributed by atoms with Crippen molar-refractivity contribution in [1.82, 2.24) is 14.8 Å². The van der Waals surface area contributed by atoms with Crippen LogP contribution in [0.4, 0.5) is 0 Å². The van der Waals surface area contributed by atoms with E-state index < -0.39 is 0 Å². The van der Waals surface area contributed by atoms with Crippen molar-refractivity contribution in [3.63, 3.8) is 0 Å². The number of hydrogen-bond acceptors (Lipinski definition) is 3. The van der Waals surface area contributed by atoms with Gasteiger partial charge in [0.25, 0.3) is 0 Å². The van der Waals surface area contributed by atoms with Crippen LogP contribution < -0.4 is 0 Å². The largest absolute Gasteiger partial charge is 0.341 e. The summed E-state index contributed by atoms with van der Waals surface area (Å²) in [5, 5.41) is 0. The summed E-state index contributed by atoms with van der Waals surface area (Å²) in [5.41, 5.74) is 2.80. The maximum atomic E-state index is 12.9. The van der Waals surface area contributed by atoms with Gasteiger partial charge in [-0.2, -0.15) is 0 Å². The number of hydrogen-bond donors (Lipinski definition) is 0. The summed E-state index contributed by atoms with van der Waals surface area (Å²) < 4.78 is 0. The van der Waals surface area contributed by atoms with Gasteiger partial charge >= 0.3 is 0 Å². The Balaban J connectivity index is 1.31. The number of carbonyl (C=O) groups excluding carboxylic acids is 1. The van der Waals surface area contributed by atoms with Crippen LogP contribution in [0.1, 0.15) is 49.7 Å². The summed E-state index contributed by atoms with van der Waals surface area (Å²) in [6.45, 7) is 4.18. The van der Waals surface area contributed by atoms with Gasteiger partial charge in [-0.25, -0.2) is 0 Å². The molecule has 154 valence electrons. The van der Waals surface area contributed by atoms with Gasteiger partial charge in [0.2, 0.25) is 5.91 Å². The highest BCUT2D eigenvalue weighted by atomic mass is 16.2. The van der Waals surface area contributed by atoms with Gasteiger partial charge in [-0.15, -0.1) is 0 Å². The number of likely N-dealkylation sites (tertiary alicyclic amines) is 2. The first-order valence-corrected chi connectivity index (χ1v) is 11.2. The van der Waals surface area contributed by atoms with E-state index in [0.29, 0.717) is 12.3 Å².